The zero-order valence-electron chi connectivity index (χ0n) is 16.1. The van der Waals surface area contributed by atoms with Crippen LogP contribution < -0.4 is 4.74 Å². The molecule has 0 aliphatic heterocycles. The van der Waals surface area contributed by atoms with Gasteiger partial charge in [0.2, 0.25) is 0 Å². The monoisotopic (exact) mass is 377 g/mol. The summed E-state index contributed by atoms with van der Waals surface area (Å²) in [6.45, 7) is 2.63. The van der Waals surface area contributed by atoms with Gasteiger partial charge in [-0.05, 0) is 30.0 Å². The summed E-state index contributed by atoms with van der Waals surface area (Å²) in [5, 5.41) is 1.56. The summed E-state index contributed by atoms with van der Waals surface area (Å²) in [6.07, 6.45) is 0. The van der Waals surface area contributed by atoms with Crippen molar-refractivity contribution in [2.24, 2.45) is 0 Å². The van der Waals surface area contributed by atoms with Gasteiger partial charge in [0.1, 0.15) is 5.75 Å². The van der Waals surface area contributed by atoms with Crippen LogP contribution in [0.1, 0.15) is 22.8 Å². The predicted octanol–water partition coefficient (Wildman–Crippen LogP) is 4.05. The number of rotatable bonds is 7. The topological polar surface area (TPSA) is 55.8 Å². The highest BCUT2D eigenvalue weighted by Gasteiger charge is 2.18. The molecule has 3 aromatic carbocycles. The molecular weight excluding hydrogens is 354 g/mol. The van der Waals surface area contributed by atoms with Crippen molar-refractivity contribution in [3.63, 3.8) is 0 Å². The number of carbonyl (C=O) groups excluding carboxylic acids is 2. The van der Waals surface area contributed by atoms with Gasteiger partial charge in [0, 0.05) is 18.5 Å². The number of amides is 1. The van der Waals surface area contributed by atoms with Crippen molar-refractivity contribution in [1.82, 2.24) is 4.90 Å². The van der Waals surface area contributed by atoms with E-state index in [1.165, 1.54) is 0 Å². The first-order valence-electron chi connectivity index (χ1n) is 9.18. The van der Waals surface area contributed by atoms with Gasteiger partial charge in [0.25, 0.3) is 5.91 Å². The van der Waals surface area contributed by atoms with Crippen molar-refractivity contribution in [2.45, 2.75) is 13.5 Å². The molecule has 0 atom stereocenters. The van der Waals surface area contributed by atoms with E-state index >= 15 is 0 Å². The maximum atomic E-state index is 12.6. The Balaban J connectivity index is 1.70. The van der Waals surface area contributed by atoms with Crippen molar-refractivity contribution >= 4 is 22.6 Å². The van der Waals surface area contributed by atoms with Gasteiger partial charge in [-0.1, -0.05) is 54.6 Å². The molecule has 0 aromatic heterocycles. The number of ether oxygens (including phenoxy) is 2. The van der Waals surface area contributed by atoms with E-state index in [2.05, 4.69) is 0 Å². The smallest absolute Gasteiger partial charge is 0.339 e. The molecule has 0 unspecified atom stereocenters. The standard InChI is InChI=1S/C23H23NO4/c1-3-24(15-17-9-5-4-6-10-17)22(25)16-28-23(26)20-13-14-21(27-2)19-12-8-7-11-18(19)20/h4-14H,3,15-16H2,1-2H3. The lowest BCUT2D eigenvalue weighted by atomic mass is 10.0. The van der Waals surface area contributed by atoms with E-state index in [1.54, 1.807) is 24.1 Å². The van der Waals surface area contributed by atoms with E-state index in [1.807, 2.05) is 61.5 Å². The second kappa shape index (κ2) is 9.04. The molecule has 0 heterocycles. The fraction of sp³-hybridized carbons (Fsp3) is 0.217. The highest BCUT2D eigenvalue weighted by molar-refractivity contribution is 6.06. The van der Waals surface area contributed by atoms with Gasteiger partial charge in [-0.2, -0.15) is 0 Å². The summed E-state index contributed by atoms with van der Waals surface area (Å²) >= 11 is 0. The minimum atomic E-state index is -0.525. The maximum absolute atomic E-state index is 12.6. The molecule has 0 fully saturated rings. The zero-order valence-corrected chi connectivity index (χ0v) is 16.1. The van der Waals surface area contributed by atoms with Crippen LogP contribution >= 0.6 is 0 Å². The SMILES string of the molecule is CCN(Cc1ccccc1)C(=O)COC(=O)c1ccc(OC)c2ccccc12. The number of benzene rings is 3. The second-order valence-corrected chi connectivity index (χ2v) is 6.33. The third kappa shape index (κ3) is 4.31. The second-order valence-electron chi connectivity index (χ2n) is 6.33. The average molecular weight is 377 g/mol. The van der Waals surface area contributed by atoms with E-state index in [0.29, 0.717) is 24.4 Å². The third-order valence-electron chi connectivity index (χ3n) is 4.60. The Morgan fingerprint density at radius 3 is 2.25 bits per heavy atom. The molecule has 3 aromatic rings. The molecule has 0 radical (unpaired) electrons. The van der Waals surface area contributed by atoms with Gasteiger partial charge in [-0.25, -0.2) is 4.79 Å². The normalized spacial score (nSPS) is 10.5. The highest BCUT2D eigenvalue weighted by atomic mass is 16.5. The number of fused-ring (bicyclic) bond motifs is 1. The molecule has 0 N–H and O–H groups in total. The molecule has 0 saturated heterocycles. The number of nitrogens with zero attached hydrogens (tertiary/aromatic N) is 1. The third-order valence-corrected chi connectivity index (χ3v) is 4.60. The molecular formula is C23H23NO4. The average Bonchev–Trinajstić information content (AvgIpc) is 2.75. The minimum Gasteiger partial charge on any atom is -0.496 e. The summed E-state index contributed by atoms with van der Waals surface area (Å²) in [7, 11) is 1.59. The van der Waals surface area contributed by atoms with Crippen molar-refractivity contribution in [2.75, 3.05) is 20.3 Å². The predicted molar refractivity (Wildman–Crippen MR) is 108 cm³/mol. The molecule has 1 amide bonds. The number of hydrogen-bond donors (Lipinski definition) is 0. The fourth-order valence-corrected chi connectivity index (χ4v) is 3.10. The lowest BCUT2D eigenvalue weighted by molar-refractivity contribution is -0.134. The molecule has 144 valence electrons. The summed E-state index contributed by atoms with van der Waals surface area (Å²) in [5.41, 5.74) is 1.44. The van der Waals surface area contributed by atoms with Crippen molar-refractivity contribution < 1.29 is 19.1 Å². The van der Waals surface area contributed by atoms with Crippen LogP contribution in [0.2, 0.25) is 0 Å². The summed E-state index contributed by atoms with van der Waals surface area (Å²) in [4.78, 5) is 26.8. The van der Waals surface area contributed by atoms with Crippen LogP contribution in [0.25, 0.3) is 10.8 Å². The fourth-order valence-electron chi connectivity index (χ4n) is 3.10. The molecule has 28 heavy (non-hydrogen) atoms. The van der Waals surface area contributed by atoms with E-state index in [9.17, 15) is 9.59 Å². The van der Waals surface area contributed by atoms with Gasteiger partial charge < -0.3 is 14.4 Å². The van der Waals surface area contributed by atoms with Crippen LogP contribution in [0.4, 0.5) is 0 Å². The van der Waals surface area contributed by atoms with Crippen molar-refractivity contribution in [3.8, 4) is 5.75 Å². The Hall–Kier alpha value is -3.34. The Bertz CT molecular complexity index is 969. The van der Waals surface area contributed by atoms with E-state index in [4.69, 9.17) is 9.47 Å². The van der Waals surface area contributed by atoms with Crippen molar-refractivity contribution in [3.05, 3.63) is 77.9 Å². The summed E-state index contributed by atoms with van der Waals surface area (Å²) in [5.74, 6) is -0.0660. The maximum Gasteiger partial charge on any atom is 0.339 e. The van der Waals surface area contributed by atoms with E-state index in [0.717, 1.165) is 16.3 Å². The zero-order chi connectivity index (χ0) is 19.9. The van der Waals surface area contributed by atoms with Crippen LogP contribution in [-0.4, -0.2) is 37.0 Å². The molecule has 0 bridgehead atoms. The first kappa shape index (κ1) is 19.4. The quantitative estimate of drug-likeness (QED) is 0.583. The number of likely N-dealkylation sites (N-methyl/N-ethyl adjacent to an activating group) is 1. The number of esters is 1. The first-order chi connectivity index (χ1) is 13.6. The molecule has 0 saturated carbocycles. The van der Waals surface area contributed by atoms with Gasteiger partial charge >= 0.3 is 5.97 Å². The lowest BCUT2D eigenvalue weighted by Crippen LogP contribution is -2.34. The number of hydrogen-bond acceptors (Lipinski definition) is 4. The van der Waals surface area contributed by atoms with Gasteiger partial charge in [0.15, 0.2) is 6.61 Å². The van der Waals surface area contributed by atoms with Crippen LogP contribution in [0.3, 0.4) is 0 Å². The lowest BCUT2D eigenvalue weighted by Gasteiger charge is -2.21. The van der Waals surface area contributed by atoms with Crippen LogP contribution in [0, 0.1) is 0 Å². The Morgan fingerprint density at radius 1 is 0.893 bits per heavy atom. The largest absolute Gasteiger partial charge is 0.496 e. The molecule has 0 aliphatic carbocycles. The molecule has 5 nitrogen and oxygen atoms in total. The van der Waals surface area contributed by atoms with Crippen molar-refractivity contribution in [1.29, 1.82) is 0 Å². The van der Waals surface area contributed by atoms with E-state index < -0.39 is 5.97 Å². The Kier molecular flexibility index (Phi) is 6.27. The number of methoxy groups -OCH3 is 1. The minimum absolute atomic E-state index is 0.225. The molecule has 5 heteroatoms. The first-order valence-corrected chi connectivity index (χ1v) is 9.18. The van der Waals surface area contributed by atoms with Crippen LogP contribution in [0.15, 0.2) is 66.7 Å². The summed E-state index contributed by atoms with van der Waals surface area (Å²) in [6, 6.07) is 20.6. The van der Waals surface area contributed by atoms with Crippen LogP contribution in [-0.2, 0) is 16.1 Å². The number of carbonyl (C=O) groups is 2. The molecule has 3 rings (SSSR count). The molecule has 0 aliphatic rings. The molecule has 0 spiro atoms. The van der Waals surface area contributed by atoms with Crippen LogP contribution in [0.5, 0.6) is 5.75 Å². The van der Waals surface area contributed by atoms with Gasteiger partial charge in [-0.15, -0.1) is 0 Å². The van der Waals surface area contributed by atoms with E-state index in [-0.39, 0.29) is 12.5 Å². The Labute approximate surface area is 164 Å². The van der Waals surface area contributed by atoms with Gasteiger partial charge in [0.05, 0.1) is 12.7 Å². The Morgan fingerprint density at radius 2 is 1.57 bits per heavy atom. The highest BCUT2D eigenvalue weighted by Crippen LogP contribution is 2.28. The summed E-state index contributed by atoms with van der Waals surface area (Å²) < 4.78 is 10.7. The van der Waals surface area contributed by atoms with Gasteiger partial charge in [-0.3, -0.25) is 4.79 Å².